The van der Waals surface area contributed by atoms with Crippen LogP contribution in [0.4, 0.5) is 17.6 Å². The van der Waals surface area contributed by atoms with Crippen LogP contribution in [0.15, 0.2) is 10.5 Å². The van der Waals surface area contributed by atoms with Crippen LogP contribution in [0.5, 0.6) is 0 Å². The zero-order valence-electron chi connectivity index (χ0n) is 9.10. The van der Waals surface area contributed by atoms with Crippen LogP contribution in [0.3, 0.4) is 0 Å². The summed E-state index contributed by atoms with van der Waals surface area (Å²) >= 11 is 0.763. The van der Waals surface area contributed by atoms with E-state index in [1.54, 1.807) is 6.92 Å². The highest BCUT2D eigenvalue weighted by atomic mass is 32.2. The molecule has 17 heavy (non-hydrogen) atoms. The molecule has 1 aromatic heterocycles. The summed E-state index contributed by atoms with van der Waals surface area (Å²) < 4.78 is 55.3. The first-order valence-corrected chi connectivity index (χ1v) is 5.73. The second kappa shape index (κ2) is 5.12. The standard InChI is InChI=1S/C10H10F4O2S/c1-3-17-8(15)6-4-5(2)16-7(6)10(13,14)9(11)12/h4,9H,3H2,1-2H3. The molecule has 0 aliphatic carbocycles. The number of alkyl halides is 4. The van der Waals surface area contributed by atoms with Crippen LogP contribution >= 0.6 is 11.8 Å². The second-order valence-corrected chi connectivity index (χ2v) is 4.48. The van der Waals surface area contributed by atoms with E-state index in [1.807, 2.05) is 0 Å². The van der Waals surface area contributed by atoms with Gasteiger partial charge in [0, 0.05) is 0 Å². The second-order valence-electron chi connectivity index (χ2n) is 3.24. The average Bonchev–Trinajstić information content (AvgIpc) is 2.61. The molecule has 0 amide bonds. The van der Waals surface area contributed by atoms with Gasteiger partial charge in [-0.15, -0.1) is 0 Å². The van der Waals surface area contributed by atoms with Gasteiger partial charge in [0.2, 0.25) is 5.12 Å². The summed E-state index contributed by atoms with van der Waals surface area (Å²) in [6.45, 7) is 2.97. The van der Waals surface area contributed by atoms with Gasteiger partial charge in [0.05, 0.1) is 5.56 Å². The van der Waals surface area contributed by atoms with Crippen molar-refractivity contribution in [2.75, 3.05) is 5.75 Å². The van der Waals surface area contributed by atoms with E-state index in [1.165, 1.54) is 6.92 Å². The molecule has 0 aromatic carbocycles. The maximum Gasteiger partial charge on any atom is 0.364 e. The maximum absolute atomic E-state index is 13.1. The van der Waals surface area contributed by atoms with Gasteiger partial charge in [0.1, 0.15) is 5.76 Å². The smallest absolute Gasteiger partial charge is 0.364 e. The Morgan fingerprint density at radius 3 is 2.59 bits per heavy atom. The van der Waals surface area contributed by atoms with Gasteiger partial charge in [-0.1, -0.05) is 18.7 Å². The van der Waals surface area contributed by atoms with Gasteiger partial charge >= 0.3 is 12.3 Å². The Kier molecular flexibility index (Phi) is 4.24. The first-order chi connectivity index (χ1) is 7.80. The summed E-state index contributed by atoms with van der Waals surface area (Å²) in [6.07, 6.45) is -3.91. The third kappa shape index (κ3) is 2.83. The van der Waals surface area contributed by atoms with Crippen LogP contribution in [0.1, 0.15) is 28.8 Å². The van der Waals surface area contributed by atoms with Crippen molar-refractivity contribution in [3.8, 4) is 0 Å². The van der Waals surface area contributed by atoms with Gasteiger partial charge in [-0.3, -0.25) is 4.79 Å². The summed E-state index contributed by atoms with van der Waals surface area (Å²) in [7, 11) is 0. The van der Waals surface area contributed by atoms with Gasteiger partial charge in [-0.25, -0.2) is 8.78 Å². The fraction of sp³-hybridized carbons (Fsp3) is 0.500. The third-order valence-electron chi connectivity index (χ3n) is 1.93. The molecule has 96 valence electrons. The van der Waals surface area contributed by atoms with E-state index >= 15 is 0 Å². The minimum atomic E-state index is -4.45. The van der Waals surface area contributed by atoms with Gasteiger partial charge in [-0.05, 0) is 18.7 Å². The van der Waals surface area contributed by atoms with Crippen molar-refractivity contribution in [2.45, 2.75) is 26.2 Å². The van der Waals surface area contributed by atoms with Crippen molar-refractivity contribution in [3.63, 3.8) is 0 Å². The number of rotatable bonds is 4. The summed E-state index contributed by atoms with van der Waals surface area (Å²) in [5.41, 5.74) is -0.486. The highest BCUT2D eigenvalue weighted by Crippen LogP contribution is 2.39. The molecule has 0 N–H and O–H groups in total. The van der Waals surface area contributed by atoms with Crippen molar-refractivity contribution >= 4 is 16.9 Å². The molecule has 0 fully saturated rings. The Balaban J connectivity index is 3.20. The first kappa shape index (κ1) is 14.1. The molecule has 0 saturated carbocycles. The Morgan fingerprint density at radius 2 is 2.12 bits per heavy atom. The van der Waals surface area contributed by atoms with Crippen molar-refractivity contribution in [1.82, 2.24) is 0 Å². The number of carbonyl (C=O) groups excluding carboxylic acids is 1. The summed E-state index contributed by atoms with van der Waals surface area (Å²) in [5, 5.41) is -0.695. The van der Waals surface area contributed by atoms with Crippen LogP contribution < -0.4 is 0 Å². The normalized spacial score (nSPS) is 12.2. The monoisotopic (exact) mass is 270 g/mol. The quantitative estimate of drug-likeness (QED) is 0.779. The highest BCUT2D eigenvalue weighted by molar-refractivity contribution is 8.14. The van der Waals surface area contributed by atoms with Gasteiger partial charge < -0.3 is 4.42 Å². The Bertz CT molecular complexity index is 414. The molecule has 7 heteroatoms. The van der Waals surface area contributed by atoms with E-state index in [2.05, 4.69) is 4.42 Å². The lowest BCUT2D eigenvalue weighted by atomic mass is 10.1. The predicted molar refractivity (Wildman–Crippen MR) is 55.8 cm³/mol. The Labute approximate surface area is 99.4 Å². The molecule has 1 heterocycles. The van der Waals surface area contributed by atoms with E-state index in [4.69, 9.17) is 0 Å². The molecule has 2 nitrogen and oxygen atoms in total. The lowest BCUT2D eigenvalue weighted by molar-refractivity contribution is -0.147. The topological polar surface area (TPSA) is 30.2 Å². The van der Waals surface area contributed by atoms with E-state index in [9.17, 15) is 22.4 Å². The molecule has 0 aliphatic rings. The largest absolute Gasteiger partial charge is 0.459 e. The molecule has 0 spiro atoms. The molecule has 0 unspecified atom stereocenters. The van der Waals surface area contributed by atoms with Crippen LogP contribution in [0.25, 0.3) is 0 Å². The maximum atomic E-state index is 13.1. The molecule has 0 atom stereocenters. The van der Waals surface area contributed by atoms with Crippen LogP contribution in [0, 0.1) is 6.92 Å². The van der Waals surface area contributed by atoms with Gasteiger partial charge in [0.25, 0.3) is 0 Å². The van der Waals surface area contributed by atoms with Crippen molar-refractivity contribution in [2.24, 2.45) is 0 Å². The lowest BCUT2D eigenvalue weighted by Crippen LogP contribution is -2.24. The van der Waals surface area contributed by atoms with Crippen molar-refractivity contribution < 1.29 is 26.8 Å². The van der Waals surface area contributed by atoms with Crippen LogP contribution in [-0.2, 0) is 5.92 Å². The van der Waals surface area contributed by atoms with E-state index < -0.39 is 28.8 Å². The molecular formula is C10H10F4O2S. The zero-order chi connectivity index (χ0) is 13.2. The van der Waals surface area contributed by atoms with Crippen LogP contribution in [0.2, 0.25) is 0 Å². The zero-order valence-corrected chi connectivity index (χ0v) is 9.91. The first-order valence-electron chi connectivity index (χ1n) is 4.74. The molecular weight excluding hydrogens is 260 g/mol. The van der Waals surface area contributed by atoms with Crippen molar-refractivity contribution in [3.05, 3.63) is 23.2 Å². The minimum Gasteiger partial charge on any atom is -0.459 e. The molecule has 0 radical (unpaired) electrons. The molecule has 1 rings (SSSR count). The van der Waals surface area contributed by atoms with Crippen LogP contribution in [-0.4, -0.2) is 17.3 Å². The predicted octanol–water partition coefficient (Wildman–Crippen LogP) is 3.84. The summed E-state index contributed by atoms with van der Waals surface area (Å²) in [5.74, 6) is -5.34. The molecule has 1 aromatic rings. The van der Waals surface area contributed by atoms with E-state index in [-0.39, 0.29) is 5.76 Å². The molecule has 0 bridgehead atoms. The fourth-order valence-corrected chi connectivity index (χ4v) is 1.79. The number of hydrogen-bond acceptors (Lipinski definition) is 3. The summed E-state index contributed by atoms with van der Waals surface area (Å²) in [6, 6.07) is 1.05. The molecule has 0 aliphatic heterocycles. The minimum absolute atomic E-state index is 0.000350. The molecule has 0 saturated heterocycles. The number of halogens is 4. The number of hydrogen-bond donors (Lipinski definition) is 0. The Morgan fingerprint density at radius 1 is 1.53 bits per heavy atom. The van der Waals surface area contributed by atoms with Gasteiger partial charge in [-0.2, -0.15) is 8.78 Å². The number of aryl methyl sites for hydroxylation is 1. The van der Waals surface area contributed by atoms with Crippen molar-refractivity contribution in [1.29, 1.82) is 0 Å². The van der Waals surface area contributed by atoms with E-state index in [0.29, 0.717) is 5.75 Å². The average molecular weight is 270 g/mol. The SMILES string of the molecule is CCSC(=O)c1cc(C)oc1C(F)(F)C(F)F. The number of thioether (sulfide) groups is 1. The summed E-state index contributed by atoms with van der Waals surface area (Å²) in [4.78, 5) is 11.5. The van der Waals surface area contributed by atoms with Gasteiger partial charge in [0.15, 0.2) is 5.76 Å². The van der Waals surface area contributed by atoms with E-state index in [0.717, 1.165) is 17.8 Å². The number of carbonyl (C=O) groups is 1. The highest BCUT2D eigenvalue weighted by Gasteiger charge is 2.48. The number of furan rings is 1. The third-order valence-corrected chi connectivity index (χ3v) is 2.70. The fourth-order valence-electron chi connectivity index (χ4n) is 1.22. The lowest BCUT2D eigenvalue weighted by Gasteiger charge is -2.13. The Hall–Kier alpha value is -0.980.